The van der Waals surface area contributed by atoms with Crippen LogP contribution in [0, 0.1) is 0 Å². The summed E-state index contributed by atoms with van der Waals surface area (Å²) in [6, 6.07) is 7.99. The second kappa shape index (κ2) is 5.40. The van der Waals surface area contributed by atoms with Crippen molar-refractivity contribution in [1.29, 1.82) is 0 Å². The summed E-state index contributed by atoms with van der Waals surface area (Å²) in [7, 11) is 0. The van der Waals surface area contributed by atoms with Crippen molar-refractivity contribution in [3.63, 3.8) is 0 Å². The number of ether oxygens (including phenoxy) is 1. The number of aromatic nitrogens is 2. The van der Waals surface area contributed by atoms with E-state index in [1.807, 2.05) is 35.0 Å². The highest BCUT2D eigenvalue weighted by Crippen LogP contribution is 2.13. The number of piperidine rings is 1. The highest BCUT2D eigenvalue weighted by molar-refractivity contribution is 5.48. The second-order valence-corrected chi connectivity index (χ2v) is 4.80. The van der Waals surface area contributed by atoms with Gasteiger partial charge in [-0.3, -0.25) is 4.90 Å². The first-order chi connectivity index (χ1) is 8.92. The molecule has 0 N–H and O–H groups in total. The fourth-order valence-electron chi connectivity index (χ4n) is 2.45. The second-order valence-electron chi connectivity index (χ2n) is 4.80. The molecule has 1 aliphatic heterocycles. The molecular weight excluding hydrogens is 226 g/mol. The van der Waals surface area contributed by atoms with Gasteiger partial charge in [0.2, 0.25) is 5.88 Å². The molecule has 4 nitrogen and oxygen atoms in total. The first-order valence-corrected chi connectivity index (χ1v) is 6.71. The van der Waals surface area contributed by atoms with Crippen LogP contribution in [0.15, 0.2) is 30.5 Å². The van der Waals surface area contributed by atoms with E-state index >= 15 is 0 Å². The van der Waals surface area contributed by atoms with E-state index in [1.165, 1.54) is 32.4 Å². The first-order valence-electron chi connectivity index (χ1n) is 6.71. The van der Waals surface area contributed by atoms with E-state index < -0.39 is 0 Å². The Morgan fingerprint density at radius 2 is 2.06 bits per heavy atom. The van der Waals surface area contributed by atoms with Crippen LogP contribution in [0.25, 0.3) is 5.52 Å². The Bertz CT molecular complexity index is 469. The third kappa shape index (κ3) is 2.64. The fourth-order valence-corrected chi connectivity index (χ4v) is 2.45. The number of nitrogens with zero attached hydrogens (tertiary/aromatic N) is 3. The van der Waals surface area contributed by atoms with Crippen molar-refractivity contribution in [2.75, 3.05) is 26.2 Å². The highest BCUT2D eigenvalue weighted by atomic mass is 16.5. The maximum atomic E-state index is 5.72. The van der Waals surface area contributed by atoms with Gasteiger partial charge in [0.05, 0.1) is 5.52 Å². The molecule has 0 amide bonds. The van der Waals surface area contributed by atoms with E-state index in [0.29, 0.717) is 0 Å². The molecule has 1 fully saturated rings. The lowest BCUT2D eigenvalue weighted by atomic mass is 10.1. The van der Waals surface area contributed by atoms with Crippen LogP contribution in [0.4, 0.5) is 0 Å². The summed E-state index contributed by atoms with van der Waals surface area (Å²) < 4.78 is 7.56. The fraction of sp³-hybridized carbons (Fsp3) is 0.500. The molecule has 1 aliphatic rings. The van der Waals surface area contributed by atoms with E-state index in [2.05, 4.69) is 10.00 Å². The molecule has 0 atom stereocenters. The standard InChI is InChI=1S/C14H19N3O/c1-3-7-16(8-4-1)10-11-18-14-12-13-6-2-5-9-17(13)15-14/h2,5-6,9,12H,1,3-4,7-8,10-11H2. The zero-order chi connectivity index (χ0) is 12.2. The average molecular weight is 245 g/mol. The minimum atomic E-state index is 0.721. The lowest BCUT2D eigenvalue weighted by Gasteiger charge is -2.25. The van der Waals surface area contributed by atoms with Gasteiger partial charge in [-0.15, -0.1) is 5.10 Å². The van der Waals surface area contributed by atoms with Gasteiger partial charge in [0.15, 0.2) is 0 Å². The molecule has 18 heavy (non-hydrogen) atoms. The van der Waals surface area contributed by atoms with E-state index in [0.717, 1.165) is 24.5 Å². The smallest absolute Gasteiger partial charge is 0.233 e. The molecular formula is C14H19N3O. The number of pyridine rings is 1. The zero-order valence-electron chi connectivity index (χ0n) is 10.6. The Morgan fingerprint density at radius 3 is 2.89 bits per heavy atom. The molecule has 0 saturated carbocycles. The summed E-state index contributed by atoms with van der Waals surface area (Å²) in [4.78, 5) is 2.47. The molecule has 0 spiro atoms. The van der Waals surface area contributed by atoms with Crippen LogP contribution < -0.4 is 4.74 Å². The SMILES string of the molecule is c1ccn2nc(OCCN3CCCCC3)cc2c1. The number of fused-ring (bicyclic) bond motifs is 1. The van der Waals surface area contributed by atoms with Gasteiger partial charge in [-0.05, 0) is 38.1 Å². The van der Waals surface area contributed by atoms with Crippen molar-refractivity contribution < 1.29 is 4.74 Å². The molecule has 0 aromatic carbocycles. The third-order valence-electron chi connectivity index (χ3n) is 3.45. The minimum absolute atomic E-state index is 0.721. The normalized spacial score (nSPS) is 17.1. The number of hydrogen-bond donors (Lipinski definition) is 0. The van der Waals surface area contributed by atoms with Crippen molar-refractivity contribution in [3.8, 4) is 5.88 Å². The monoisotopic (exact) mass is 245 g/mol. The van der Waals surface area contributed by atoms with Gasteiger partial charge in [0.1, 0.15) is 6.61 Å². The van der Waals surface area contributed by atoms with Crippen molar-refractivity contribution in [3.05, 3.63) is 30.5 Å². The Hall–Kier alpha value is -1.55. The van der Waals surface area contributed by atoms with Crippen LogP contribution >= 0.6 is 0 Å². The molecule has 3 heterocycles. The van der Waals surface area contributed by atoms with Crippen LogP contribution in [-0.2, 0) is 0 Å². The Labute approximate surface area is 107 Å². The van der Waals surface area contributed by atoms with Crippen molar-refractivity contribution >= 4 is 5.52 Å². The van der Waals surface area contributed by atoms with Crippen molar-refractivity contribution in [1.82, 2.24) is 14.5 Å². The molecule has 0 unspecified atom stereocenters. The third-order valence-corrected chi connectivity index (χ3v) is 3.45. The molecule has 3 rings (SSSR count). The summed E-state index contributed by atoms with van der Waals surface area (Å²) in [6.07, 6.45) is 5.97. The van der Waals surface area contributed by atoms with E-state index in [-0.39, 0.29) is 0 Å². The maximum absolute atomic E-state index is 5.72. The van der Waals surface area contributed by atoms with Gasteiger partial charge in [0, 0.05) is 18.8 Å². The van der Waals surface area contributed by atoms with Crippen molar-refractivity contribution in [2.45, 2.75) is 19.3 Å². The predicted molar refractivity (Wildman–Crippen MR) is 71.0 cm³/mol. The van der Waals surface area contributed by atoms with Gasteiger partial charge in [-0.25, -0.2) is 4.52 Å². The average Bonchev–Trinajstić information content (AvgIpc) is 2.82. The Kier molecular flexibility index (Phi) is 3.46. The molecule has 0 bridgehead atoms. The van der Waals surface area contributed by atoms with E-state index in [1.54, 1.807) is 0 Å². The summed E-state index contributed by atoms with van der Waals surface area (Å²) in [5.41, 5.74) is 1.07. The van der Waals surface area contributed by atoms with Crippen LogP contribution in [0.5, 0.6) is 5.88 Å². The molecule has 2 aromatic heterocycles. The Balaban J connectivity index is 1.53. The topological polar surface area (TPSA) is 29.8 Å². The van der Waals surface area contributed by atoms with E-state index in [9.17, 15) is 0 Å². The lowest BCUT2D eigenvalue weighted by molar-refractivity contribution is 0.180. The minimum Gasteiger partial charge on any atom is -0.475 e. The van der Waals surface area contributed by atoms with Gasteiger partial charge in [-0.1, -0.05) is 12.5 Å². The summed E-state index contributed by atoms with van der Waals surface area (Å²) in [6.45, 7) is 4.17. The molecule has 2 aromatic rings. The lowest BCUT2D eigenvalue weighted by Crippen LogP contribution is -2.33. The van der Waals surface area contributed by atoms with Crippen LogP contribution in [0.1, 0.15) is 19.3 Å². The van der Waals surface area contributed by atoms with Crippen LogP contribution in [0.2, 0.25) is 0 Å². The van der Waals surface area contributed by atoms with Gasteiger partial charge < -0.3 is 4.74 Å². The van der Waals surface area contributed by atoms with Gasteiger partial charge in [0.25, 0.3) is 0 Å². The zero-order valence-corrected chi connectivity index (χ0v) is 10.6. The van der Waals surface area contributed by atoms with Crippen LogP contribution in [-0.4, -0.2) is 40.8 Å². The number of likely N-dealkylation sites (tertiary alicyclic amines) is 1. The largest absolute Gasteiger partial charge is 0.475 e. The maximum Gasteiger partial charge on any atom is 0.233 e. The molecule has 1 saturated heterocycles. The summed E-state index contributed by atoms with van der Waals surface area (Å²) >= 11 is 0. The first kappa shape index (κ1) is 11.5. The summed E-state index contributed by atoms with van der Waals surface area (Å²) in [5, 5.41) is 4.37. The van der Waals surface area contributed by atoms with Gasteiger partial charge >= 0.3 is 0 Å². The highest BCUT2D eigenvalue weighted by Gasteiger charge is 2.10. The Morgan fingerprint density at radius 1 is 1.17 bits per heavy atom. The van der Waals surface area contributed by atoms with Crippen molar-refractivity contribution in [2.24, 2.45) is 0 Å². The molecule has 0 aliphatic carbocycles. The van der Waals surface area contributed by atoms with Gasteiger partial charge in [-0.2, -0.15) is 0 Å². The molecule has 96 valence electrons. The predicted octanol–water partition coefficient (Wildman–Crippen LogP) is 2.20. The quantitative estimate of drug-likeness (QED) is 0.827. The number of hydrogen-bond acceptors (Lipinski definition) is 3. The number of rotatable bonds is 4. The molecule has 0 radical (unpaired) electrons. The van der Waals surface area contributed by atoms with E-state index in [4.69, 9.17) is 4.74 Å². The molecule has 4 heteroatoms. The summed E-state index contributed by atoms with van der Waals surface area (Å²) in [5.74, 6) is 0.721. The van der Waals surface area contributed by atoms with Crippen LogP contribution in [0.3, 0.4) is 0 Å².